The van der Waals surface area contributed by atoms with E-state index in [1.165, 1.54) is 0 Å². The Balaban J connectivity index is 1.33. The number of carboxylic acid groups (broad SMARTS) is 1. The van der Waals surface area contributed by atoms with Gasteiger partial charge in [-0.05, 0) is 79.0 Å². The van der Waals surface area contributed by atoms with Crippen LogP contribution in [0.15, 0.2) is 71.4 Å². The topological polar surface area (TPSA) is 148 Å². The highest BCUT2D eigenvalue weighted by atomic mass is 16.6. The Hall–Kier alpha value is -4.96. The van der Waals surface area contributed by atoms with Crippen LogP contribution in [0.1, 0.15) is 88.4 Å². The second-order valence-electron chi connectivity index (χ2n) is 16.0. The van der Waals surface area contributed by atoms with Gasteiger partial charge >= 0.3 is 5.97 Å². The number of carbonyl (C=O) groups excluding carboxylic acids is 3. The number of nitrogens with one attached hydrogen (secondary N) is 1. The van der Waals surface area contributed by atoms with Crippen LogP contribution in [0.4, 0.5) is 0 Å². The monoisotopic (exact) mass is 707 g/mol. The van der Waals surface area contributed by atoms with Crippen molar-refractivity contribution in [3.63, 3.8) is 0 Å². The Bertz CT molecular complexity index is 2050. The van der Waals surface area contributed by atoms with Crippen LogP contribution in [0.25, 0.3) is 6.08 Å². The summed E-state index contributed by atoms with van der Waals surface area (Å²) in [5, 5.41) is 24.2. The zero-order chi connectivity index (χ0) is 37.5. The summed E-state index contributed by atoms with van der Waals surface area (Å²) in [7, 11) is 0. The molecule has 3 N–H and O–H groups in total. The Morgan fingerprint density at radius 1 is 1.02 bits per heavy atom. The standard InChI is InChI=1S/C42H45NO9/c1-22(2)13-14-27-34-26(16-17-39(4,5)50-34)32(44)31-33(45)28-20-25-21-30-40(6,7)52-41(36(25)46,42(28,30)51-35(27)31)18-15-23(3)37(47)43-29(38(48)49)19-24-11-9-8-10-12-24/h8-13,15-17,20,25,29-30,44H,14,18-19,21H2,1-7H3,(H,43,47)(H,48,49)/b23-15-/t25-,29-,30?,41+,42-/m0/s1. The van der Waals surface area contributed by atoms with E-state index < -0.39 is 57.9 Å². The van der Waals surface area contributed by atoms with Crippen LogP contribution in [0.2, 0.25) is 0 Å². The van der Waals surface area contributed by atoms with E-state index in [-0.39, 0.29) is 46.8 Å². The number of ketones is 2. The summed E-state index contributed by atoms with van der Waals surface area (Å²) < 4.78 is 20.4. The van der Waals surface area contributed by atoms with Crippen LogP contribution in [0.5, 0.6) is 17.2 Å². The summed E-state index contributed by atoms with van der Waals surface area (Å²) in [5.41, 5.74) is -1.65. The molecule has 2 aromatic carbocycles. The molecule has 52 heavy (non-hydrogen) atoms. The molecule has 1 amide bonds. The van der Waals surface area contributed by atoms with Crippen LogP contribution in [0, 0.1) is 11.8 Å². The third-order valence-electron chi connectivity index (χ3n) is 11.3. The fraction of sp³-hybridized carbons (Fsp3) is 0.429. The molecule has 5 atom stereocenters. The number of aliphatic carboxylic acids is 1. The molecule has 1 saturated carbocycles. The van der Waals surface area contributed by atoms with Gasteiger partial charge in [-0.15, -0.1) is 0 Å². The predicted molar refractivity (Wildman–Crippen MR) is 193 cm³/mol. The predicted octanol–water partition coefficient (Wildman–Crippen LogP) is 6.24. The highest BCUT2D eigenvalue weighted by Gasteiger charge is 2.81. The maximum Gasteiger partial charge on any atom is 0.326 e. The van der Waals surface area contributed by atoms with Gasteiger partial charge in [-0.1, -0.05) is 54.1 Å². The average Bonchev–Trinajstić information content (AvgIpc) is 3.23. The minimum atomic E-state index is -1.70. The van der Waals surface area contributed by atoms with E-state index in [2.05, 4.69) is 5.32 Å². The third kappa shape index (κ3) is 5.25. The first-order chi connectivity index (χ1) is 24.4. The number of aromatic hydroxyl groups is 1. The Morgan fingerprint density at radius 3 is 2.40 bits per heavy atom. The molecular formula is C42H45NO9. The van der Waals surface area contributed by atoms with Gasteiger partial charge in [0.05, 0.1) is 11.2 Å². The molecule has 6 aliphatic rings. The smallest absolute Gasteiger partial charge is 0.326 e. The van der Waals surface area contributed by atoms with Gasteiger partial charge in [-0.2, -0.15) is 0 Å². The molecule has 1 unspecified atom stereocenters. The molecule has 3 aliphatic carbocycles. The second kappa shape index (κ2) is 12.0. The largest absolute Gasteiger partial charge is 0.506 e. The minimum absolute atomic E-state index is 0.0253. The van der Waals surface area contributed by atoms with E-state index in [9.17, 15) is 29.4 Å². The lowest BCUT2D eigenvalue weighted by Crippen LogP contribution is -2.72. The molecule has 0 radical (unpaired) electrons. The van der Waals surface area contributed by atoms with Crippen LogP contribution in [0.3, 0.4) is 0 Å². The number of rotatable bonds is 9. The van der Waals surface area contributed by atoms with Gasteiger partial charge in [0, 0.05) is 41.4 Å². The molecule has 2 fully saturated rings. The first-order valence-electron chi connectivity index (χ1n) is 17.8. The molecule has 272 valence electrons. The van der Waals surface area contributed by atoms with Crippen molar-refractivity contribution in [2.24, 2.45) is 11.8 Å². The summed E-state index contributed by atoms with van der Waals surface area (Å²) in [6, 6.07) is 7.84. The third-order valence-corrected chi connectivity index (χ3v) is 11.3. The lowest BCUT2D eigenvalue weighted by atomic mass is 9.51. The summed E-state index contributed by atoms with van der Waals surface area (Å²) in [6.45, 7) is 13.1. The van der Waals surface area contributed by atoms with Crippen LogP contribution >= 0.6 is 0 Å². The molecule has 0 aromatic heterocycles. The van der Waals surface area contributed by atoms with Gasteiger partial charge in [0.25, 0.3) is 0 Å². The molecule has 3 aliphatic heterocycles. The number of amides is 1. The number of hydrogen-bond acceptors (Lipinski definition) is 8. The average molecular weight is 708 g/mol. The van der Waals surface area contributed by atoms with Crippen LogP contribution < -0.4 is 14.8 Å². The quantitative estimate of drug-likeness (QED) is 0.204. The van der Waals surface area contributed by atoms with Crippen molar-refractivity contribution in [2.75, 3.05) is 0 Å². The number of carboxylic acids is 1. The van der Waals surface area contributed by atoms with E-state index in [1.807, 2.05) is 59.8 Å². The molecule has 1 saturated heterocycles. The molecule has 1 spiro atoms. The minimum Gasteiger partial charge on any atom is -0.506 e. The molecule has 10 heteroatoms. The summed E-state index contributed by atoms with van der Waals surface area (Å²) in [4.78, 5) is 55.0. The highest BCUT2D eigenvalue weighted by molar-refractivity contribution is 6.19. The Kier molecular flexibility index (Phi) is 8.21. The number of carbonyl (C=O) groups is 4. The lowest BCUT2D eigenvalue weighted by molar-refractivity contribution is -0.171. The van der Waals surface area contributed by atoms with Crippen molar-refractivity contribution in [3.8, 4) is 17.2 Å². The molecule has 3 heterocycles. The zero-order valence-electron chi connectivity index (χ0n) is 30.6. The van der Waals surface area contributed by atoms with Crippen molar-refractivity contribution in [2.45, 2.75) is 103 Å². The first-order valence-corrected chi connectivity index (χ1v) is 17.8. The van der Waals surface area contributed by atoms with Crippen molar-refractivity contribution in [3.05, 3.63) is 93.6 Å². The van der Waals surface area contributed by atoms with E-state index in [0.29, 0.717) is 29.7 Å². The fourth-order valence-corrected chi connectivity index (χ4v) is 8.77. The molecule has 8 rings (SSSR count). The van der Waals surface area contributed by atoms with Gasteiger partial charge in [0.1, 0.15) is 34.5 Å². The first kappa shape index (κ1) is 35.4. The highest BCUT2D eigenvalue weighted by Crippen LogP contribution is 2.68. The number of fused-ring (bicyclic) bond motifs is 2. The van der Waals surface area contributed by atoms with Crippen molar-refractivity contribution < 1.29 is 43.6 Å². The summed E-state index contributed by atoms with van der Waals surface area (Å²) in [5.74, 6) is -3.22. The maximum atomic E-state index is 14.8. The number of phenols is 1. The van der Waals surface area contributed by atoms with Crippen molar-refractivity contribution in [1.29, 1.82) is 0 Å². The molecule has 10 nitrogen and oxygen atoms in total. The summed E-state index contributed by atoms with van der Waals surface area (Å²) >= 11 is 0. The van der Waals surface area contributed by atoms with E-state index in [4.69, 9.17) is 14.2 Å². The van der Waals surface area contributed by atoms with E-state index >= 15 is 0 Å². The van der Waals surface area contributed by atoms with Gasteiger partial charge < -0.3 is 29.7 Å². The summed E-state index contributed by atoms with van der Waals surface area (Å²) in [6.07, 6.45) is 9.58. The van der Waals surface area contributed by atoms with Gasteiger partial charge in [-0.3, -0.25) is 14.4 Å². The van der Waals surface area contributed by atoms with Crippen LogP contribution in [-0.4, -0.2) is 62.1 Å². The number of phenolic OH excluding ortho intramolecular Hbond substituents is 1. The lowest BCUT2D eigenvalue weighted by Gasteiger charge is -2.56. The van der Waals surface area contributed by atoms with E-state index in [1.54, 1.807) is 49.4 Å². The van der Waals surface area contributed by atoms with Crippen LogP contribution in [-0.2, 0) is 32.0 Å². The SMILES string of the molecule is CC(C)=CCc1c2c(c(O)c3c1O[C@@]14C(=C[C@H]5CC1C(C)(C)O[C@]4(C/C=C(/C)C(=O)N[C@@H](Cc1ccccc1)C(=O)O)C5=O)C3=O)C=CC(C)(C)O2. The van der Waals surface area contributed by atoms with Crippen molar-refractivity contribution in [1.82, 2.24) is 5.32 Å². The number of Topliss-reactive ketones (excluding diaryl/α,β-unsaturated/α-hetero) is 2. The molecule has 2 aromatic rings. The molecule has 4 bridgehead atoms. The number of hydrogen-bond donors (Lipinski definition) is 3. The Morgan fingerprint density at radius 2 is 1.73 bits per heavy atom. The number of ether oxygens (including phenoxy) is 3. The maximum absolute atomic E-state index is 14.8. The number of allylic oxidation sites excluding steroid dienone is 3. The second-order valence-corrected chi connectivity index (χ2v) is 16.0. The van der Waals surface area contributed by atoms with E-state index in [0.717, 1.165) is 11.1 Å². The molecular weight excluding hydrogens is 662 g/mol. The van der Waals surface area contributed by atoms with Gasteiger partial charge in [-0.25, -0.2) is 4.79 Å². The van der Waals surface area contributed by atoms with Crippen molar-refractivity contribution >= 4 is 29.5 Å². The number of benzene rings is 2. The van der Waals surface area contributed by atoms with Gasteiger partial charge in [0.15, 0.2) is 22.8 Å². The zero-order valence-corrected chi connectivity index (χ0v) is 30.6. The van der Waals surface area contributed by atoms with Gasteiger partial charge in [0.2, 0.25) is 5.91 Å². The normalized spacial score (nSPS) is 27.7. The Labute approximate surface area is 303 Å². The fourth-order valence-electron chi connectivity index (χ4n) is 8.77.